The van der Waals surface area contributed by atoms with Crippen LogP contribution in [0.15, 0.2) is 12.1 Å². The molecule has 4 aliphatic rings. The molecule has 0 aromatic heterocycles. The molecule has 6 rings (SSSR count). The maximum Gasteiger partial charge on any atom is 0.0434 e. The predicted octanol–water partition coefficient (Wildman–Crippen LogP) is 5.55. The summed E-state index contributed by atoms with van der Waals surface area (Å²) in [4.78, 5) is 5.38. The van der Waals surface area contributed by atoms with Crippen LogP contribution >= 0.6 is 0 Å². The van der Waals surface area contributed by atoms with Crippen LogP contribution in [0.2, 0.25) is 0 Å². The SMILES string of the molecule is CCc1c(Cc2cc3c4c(c2C)CCCN4CCC3)cc2c3c1CCCN3CCC2. The van der Waals surface area contributed by atoms with Crippen LogP contribution in [0, 0.1) is 6.92 Å². The third-order valence-electron chi connectivity index (χ3n) is 8.39. The summed E-state index contributed by atoms with van der Waals surface area (Å²) in [5, 5.41) is 0. The minimum absolute atomic E-state index is 1.13. The Bertz CT molecular complexity index is 999. The number of anilines is 2. The number of aryl methyl sites for hydroxylation is 2. The topological polar surface area (TPSA) is 6.48 Å². The Morgan fingerprint density at radius 3 is 1.87 bits per heavy atom. The Kier molecular flexibility index (Phi) is 4.58. The first-order chi connectivity index (χ1) is 14.7. The molecule has 0 amide bonds. The molecule has 2 aromatic rings. The van der Waals surface area contributed by atoms with Gasteiger partial charge in [0.1, 0.15) is 0 Å². The lowest BCUT2D eigenvalue weighted by Gasteiger charge is -2.39. The first-order valence-electron chi connectivity index (χ1n) is 12.5. The van der Waals surface area contributed by atoms with E-state index in [1.165, 1.54) is 84.0 Å². The molecule has 0 saturated carbocycles. The lowest BCUT2D eigenvalue weighted by atomic mass is 9.81. The highest BCUT2D eigenvalue weighted by Gasteiger charge is 2.29. The number of nitrogens with zero attached hydrogens (tertiary/aromatic N) is 2. The van der Waals surface area contributed by atoms with Crippen molar-refractivity contribution in [2.24, 2.45) is 0 Å². The van der Waals surface area contributed by atoms with Gasteiger partial charge in [0, 0.05) is 37.6 Å². The fraction of sp³-hybridized carbons (Fsp3) is 0.571. The van der Waals surface area contributed by atoms with Crippen LogP contribution in [0.5, 0.6) is 0 Å². The van der Waals surface area contributed by atoms with Gasteiger partial charge < -0.3 is 9.80 Å². The molecule has 0 atom stereocenters. The first-order valence-corrected chi connectivity index (χ1v) is 12.5. The summed E-state index contributed by atoms with van der Waals surface area (Å²) in [7, 11) is 0. The Morgan fingerprint density at radius 2 is 1.23 bits per heavy atom. The average molecular weight is 401 g/mol. The third kappa shape index (κ3) is 2.82. The van der Waals surface area contributed by atoms with E-state index < -0.39 is 0 Å². The predicted molar refractivity (Wildman–Crippen MR) is 128 cm³/mol. The van der Waals surface area contributed by atoms with E-state index in [1.807, 2.05) is 0 Å². The average Bonchev–Trinajstić information content (AvgIpc) is 2.78. The van der Waals surface area contributed by atoms with E-state index in [1.54, 1.807) is 55.9 Å². The summed E-state index contributed by atoms with van der Waals surface area (Å²) >= 11 is 0. The van der Waals surface area contributed by atoms with Crippen molar-refractivity contribution in [3.8, 4) is 0 Å². The van der Waals surface area contributed by atoms with Crippen LogP contribution < -0.4 is 9.80 Å². The zero-order valence-corrected chi connectivity index (χ0v) is 18.9. The molecule has 4 aliphatic heterocycles. The standard InChI is InChI=1S/C28H36N2/c1-3-24-23(17-21-9-5-13-30-15-7-11-26(24)28(21)30)18-22-16-20-8-4-12-29-14-6-10-25(19(22)2)27(20)29/h16-17H,3-15,18H2,1-2H3. The maximum atomic E-state index is 2.70. The molecule has 0 spiro atoms. The molecule has 2 aromatic carbocycles. The Morgan fingerprint density at radius 1 is 0.700 bits per heavy atom. The smallest absolute Gasteiger partial charge is 0.0434 e. The molecule has 158 valence electrons. The molecule has 2 heteroatoms. The summed E-state index contributed by atoms with van der Waals surface area (Å²) < 4.78 is 0. The molecule has 0 aliphatic carbocycles. The molecular weight excluding hydrogens is 364 g/mol. The van der Waals surface area contributed by atoms with Gasteiger partial charge in [0.05, 0.1) is 0 Å². The molecule has 30 heavy (non-hydrogen) atoms. The zero-order chi connectivity index (χ0) is 20.2. The van der Waals surface area contributed by atoms with E-state index in [2.05, 4.69) is 35.8 Å². The fourth-order valence-corrected chi connectivity index (χ4v) is 7.06. The zero-order valence-electron chi connectivity index (χ0n) is 18.9. The minimum atomic E-state index is 1.13. The van der Waals surface area contributed by atoms with E-state index in [0.29, 0.717) is 0 Å². The van der Waals surface area contributed by atoms with Gasteiger partial charge in [0.15, 0.2) is 0 Å². The van der Waals surface area contributed by atoms with Crippen LogP contribution in [-0.2, 0) is 38.5 Å². The van der Waals surface area contributed by atoms with Crippen LogP contribution in [0.4, 0.5) is 11.4 Å². The van der Waals surface area contributed by atoms with E-state index in [4.69, 9.17) is 0 Å². The van der Waals surface area contributed by atoms with Crippen molar-refractivity contribution in [1.29, 1.82) is 0 Å². The van der Waals surface area contributed by atoms with Gasteiger partial charge in [-0.15, -0.1) is 0 Å². The molecule has 0 fully saturated rings. The molecule has 2 nitrogen and oxygen atoms in total. The van der Waals surface area contributed by atoms with Crippen LogP contribution in [0.1, 0.15) is 77.1 Å². The van der Waals surface area contributed by atoms with Gasteiger partial charge in [-0.3, -0.25) is 0 Å². The Labute approximate surface area is 182 Å². The van der Waals surface area contributed by atoms with E-state index >= 15 is 0 Å². The van der Waals surface area contributed by atoms with Gasteiger partial charge in [-0.25, -0.2) is 0 Å². The molecule has 0 N–H and O–H groups in total. The summed E-state index contributed by atoms with van der Waals surface area (Å²) in [6.07, 6.45) is 12.8. The monoisotopic (exact) mass is 400 g/mol. The van der Waals surface area contributed by atoms with E-state index in [9.17, 15) is 0 Å². The highest BCUT2D eigenvalue weighted by Crippen LogP contribution is 2.42. The Hall–Kier alpha value is -1.96. The van der Waals surface area contributed by atoms with Gasteiger partial charge in [0.2, 0.25) is 0 Å². The van der Waals surface area contributed by atoms with Crippen molar-refractivity contribution in [3.63, 3.8) is 0 Å². The summed E-state index contributed by atoms with van der Waals surface area (Å²) in [5.41, 5.74) is 16.4. The fourth-order valence-electron chi connectivity index (χ4n) is 7.06. The molecule has 4 heterocycles. The van der Waals surface area contributed by atoms with E-state index in [-0.39, 0.29) is 0 Å². The van der Waals surface area contributed by atoms with Crippen LogP contribution in [-0.4, -0.2) is 26.2 Å². The van der Waals surface area contributed by atoms with Gasteiger partial charge in [-0.05, 0) is 116 Å². The quantitative estimate of drug-likeness (QED) is 0.667. The number of rotatable bonds is 3. The lowest BCUT2D eigenvalue weighted by molar-refractivity contribution is 0.628. The first kappa shape index (κ1) is 18.8. The summed E-state index contributed by atoms with van der Waals surface area (Å²) in [6, 6.07) is 5.22. The molecular formula is C28H36N2. The second kappa shape index (κ2) is 7.32. The van der Waals surface area contributed by atoms with Gasteiger partial charge >= 0.3 is 0 Å². The summed E-state index contributed by atoms with van der Waals surface area (Å²) in [5.74, 6) is 0. The number of hydrogen-bond donors (Lipinski definition) is 0. The third-order valence-corrected chi connectivity index (χ3v) is 8.39. The highest BCUT2D eigenvalue weighted by atomic mass is 15.1. The van der Waals surface area contributed by atoms with Crippen LogP contribution in [0.3, 0.4) is 0 Å². The largest absolute Gasteiger partial charge is 0.371 e. The molecule has 0 radical (unpaired) electrons. The lowest BCUT2D eigenvalue weighted by Crippen LogP contribution is -2.35. The minimum Gasteiger partial charge on any atom is -0.371 e. The van der Waals surface area contributed by atoms with Gasteiger partial charge in [0.25, 0.3) is 0 Å². The van der Waals surface area contributed by atoms with Gasteiger partial charge in [-0.2, -0.15) is 0 Å². The number of hydrogen-bond acceptors (Lipinski definition) is 2. The second-order valence-corrected chi connectivity index (χ2v) is 10.1. The normalized spacial score (nSPS) is 19.5. The van der Waals surface area contributed by atoms with Crippen molar-refractivity contribution >= 4 is 11.4 Å². The highest BCUT2D eigenvalue weighted by molar-refractivity contribution is 5.69. The van der Waals surface area contributed by atoms with Crippen LogP contribution in [0.25, 0.3) is 0 Å². The van der Waals surface area contributed by atoms with Crippen molar-refractivity contribution < 1.29 is 0 Å². The maximum absolute atomic E-state index is 2.70. The van der Waals surface area contributed by atoms with Gasteiger partial charge in [-0.1, -0.05) is 19.1 Å². The number of benzene rings is 2. The molecule has 0 saturated heterocycles. The van der Waals surface area contributed by atoms with Crippen molar-refractivity contribution in [2.75, 3.05) is 36.0 Å². The van der Waals surface area contributed by atoms with Crippen molar-refractivity contribution in [2.45, 2.75) is 78.1 Å². The molecule has 0 bridgehead atoms. The van der Waals surface area contributed by atoms with Crippen molar-refractivity contribution in [3.05, 3.63) is 56.6 Å². The van der Waals surface area contributed by atoms with E-state index in [0.717, 1.165) is 6.42 Å². The Balaban J connectivity index is 1.46. The second-order valence-electron chi connectivity index (χ2n) is 10.1. The summed E-state index contributed by atoms with van der Waals surface area (Å²) in [6.45, 7) is 9.87. The molecule has 0 unspecified atom stereocenters. The van der Waals surface area contributed by atoms with Crippen molar-refractivity contribution in [1.82, 2.24) is 0 Å².